The first-order chi connectivity index (χ1) is 16.8. The van der Waals surface area contributed by atoms with Crippen LogP contribution in [-0.2, 0) is 0 Å². The van der Waals surface area contributed by atoms with Crippen molar-refractivity contribution in [3.63, 3.8) is 0 Å². The number of ether oxygens (including phenoxy) is 1. The Hall–Kier alpha value is -3.59. The first kappa shape index (κ1) is 23.2. The summed E-state index contributed by atoms with van der Waals surface area (Å²) in [5, 5.41) is 10.0. The Bertz CT molecular complexity index is 1220. The molecule has 184 valence electrons. The minimum atomic E-state index is -0.255. The van der Waals surface area contributed by atoms with Gasteiger partial charge in [0.15, 0.2) is 11.6 Å². The molecule has 0 bridgehead atoms. The monoisotopic (exact) mass is 474 g/mol. The van der Waals surface area contributed by atoms with Crippen LogP contribution < -0.4 is 25.6 Å². The fraction of sp³-hybridized carbons (Fsp3) is 0.423. The smallest absolute Gasteiger partial charge is 0.229 e. The standard InChI is InChI=1S/C26H34N8O/c1-17-14-19(6-7-20(17)34-12-10-33(5)11-13-34)29-25-27-15-18(2)23(32-25)30-22-9-8-21-24(31-22)28-16-26(3,4)35-21/h6-9,14-15H,10-13,16H2,1-5H3,(H3,27,28,29,30,31,32). The maximum Gasteiger partial charge on any atom is 0.229 e. The number of likely N-dealkylation sites (N-methyl/N-ethyl adjacent to an activating group) is 1. The van der Waals surface area contributed by atoms with Crippen LogP contribution in [-0.4, -0.2) is 65.2 Å². The Morgan fingerprint density at radius 1 is 0.971 bits per heavy atom. The van der Waals surface area contributed by atoms with Gasteiger partial charge in [-0.2, -0.15) is 4.98 Å². The highest BCUT2D eigenvalue weighted by Gasteiger charge is 2.27. The van der Waals surface area contributed by atoms with E-state index in [1.807, 2.05) is 25.3 Å². The van der Waals surface area contributed by atoms with Gasteiger partial charge in [-0.05, 0) is 70.6 Å². The number of benzene rings is 1. The second kappa shape index (κ2) is 9.22. The fourth-order valence-electron chi connectivity index (χ4n) is 4.37. The topological polar surface area (TPSA) is 90.5 Å². The number of nitrogens with zero attached hydrogens (tertiary/aromatic N) is 5. The van der Waals surface area contributed by atoms with Crippen molar-refractivity contribution in [1.29, 1.82) is 0 Å². The number of anilines is 6. The van der Waals surface area contributed by atoms with E-state index in [0.717, 1.165) is 49.0 Å². The van der Waals surface area contributed by atoms with E-state index in [9.17, 15) is 0 Å². The van der Waals surface area contributed by atoms with Crippen LogP contribution in [0.3, 0.4) is 0 Å². The molecule has 0 spiro atoms. The van der Waals surface area contributed by atoms with E-state index in [1.165, 1.54) is 11.3 Å². The molecule has 0 radical (unpaired) electrons. The molecule has 1 aromatic carbocycles. The normalized spacial score (nSPS) is 17.2. The minimum absolute atomic E-state index is 0.255. The molecule has 0 amide bonds. The number of piperazine rings is 1. The summed E-state index contributed by atoms with van der Waals surface area (Å²) in [7, 11) is 2.18. The van der Waals surface area contributed by atoms with Crippen LogP contribution in [0.2, 0.25) is 0 Å². The van der Waals surface area contributed by atoms with Gasteiger partial charge < -0.3 is 30.5 Å². The molecule has 9 nitrogen and oxygen atoms in total. The molecule has 4 heterocycles. The molecule has 2 aliphatic rings. The lowest BCUT2D eigenvalue weighted by Crippen LogP contribution is -2.44. The molecule has 5 rings (SSSR count). The van der Waals surface area contributed by atoms with Crippen LogP contribution in [0.1, 0.15) is 25.0 Å². The first-order valence-corrected chi connectivity index (χ1v) is 12.1. The number of pyridine rings is 1. The predicted octanol–water partition coefficient (Wildman–Crippen LogP) is 4.31. The van der Waals surface area contributed by atoms with Crippen LogP contribution in [0.5, 0.6) is 5.75 Å². The minimum Gasteiger partial charge on any atom is -0.482 e. The van der Waals surface area contributed by atoms with Crippen molar-refractivity contribution >= 4 is 34.8 Å². The molecule has 1 fully saturated rings. The molecular weight excluding hydrogens is 440 g/mol. The number of aromatic nitrogens is 3. The van der Waals surface area contributed by atoms with Gasteiger partial charge in [-0.1, -0.05) is 0 Å². The summed E-state index contributed by atoms with van der Waals surface area (Å²) in [5.74, 6) is 3.42. The predicted molar refractivity (Wildman–Crippen MR) is 142 cm³/mol. The van der Waals surface area contributed by atoms with E-state index in [2.05, 4.69) is 81.7 Å². The number of nitrogens with one attached hydrogen (secondary N) is 3. The third kappa shape index (κ3) is 5.24. The second-order valence-corrected chi connectivity index (χ2v) is 10.0. The summed E-state index contributed by atoms with van der Waals surface area (Å²) >= 11 is 0. The van der Waals surface area contributed by atoms with Crippen LogP contribution in [0.25, 0.3) is 0 Å². The second-order valence-electron chi connectivity index (χ2n) is 10.0. The Balaban J connectivity index is 1.30. The number of aryl methyl sites for hydroxylation is 2. The van der Waals surface area contributed by atoms with Gasteiger partial charge >= 0.3 is 0 Å². The van der Waals surface area contributed by atoms with Gasteiger partial charge in [-0.3, -0.25) is 0 Å². The molecule has 3 aromatic rings. The van der Waals surface area contributed by atoms with Gasteiger partial charge in [-0.15, -0.1) is 0 Å². The van der Waals surface area contributed by atoms with Crippen molar-refractivity contribution in [2.24, 2.45) is 0 Å². The molecule has 1 saturated heterocycles. The van der Waals surface area contributed by atoms with E-state index >= 15 is 0 Å². The molecule has 9 heteroatoms. The highest BCUT2D eigenvalue weighted by molar-refractivity contribution is 5.66. The highest BCUT2D eigenvalue weighted by Crippen LogP contribution is 2.33. The SMILES string of the molecule is Cc1cc(Nc2ncc(C)c(Nc3ccc4c(n3)NCC(C)(C)O4)n2)ccc1N1CCN(C)CC1. The molecule has 0 saturated carbocycles. The van der Waals surface area contributed by atoms with E-state index in [1.54, 1.807) is 0 Å². The molecule has 3 N–H and O–H groups in total. The van der Waals surface area contributed by atoms with Crippen molar-refractivity contribution < 1.29 is 4.74 Å². The molecular formula is C26H34N8O. The Morgan fingerprint density at radius 2 is 1.77 bits per heavy atom. The van der Waals surface area contributed by atoms with E-state index in [0.29, 0.717) is 24.1 Å². The quantitative estimate of drug-likeness (QED) is 0.500. The third-order valence-corrected chi connectivity index (χ3v) is 6.44. The van der Waals surface area contributed by atoms with Crippen LogP contribution in [0, 0.1) is 13.8 Å². The Kier molecular flexibility index (Phi) is 6.10. The van der Waals surface area contributed by atoms with Gasteiger partial charge in [0.05, 0.1) is 6.54 Å². The zero-order chi connectivity index (χ0) is 24.6. The highest BCUT2D eigenvalue weighted by atomic mass is 16.5. The number of fused-ring (bicyclic) bond motifs is 1. The van der Waals surface area contributed by atoms with Crippen molar-refractivity contribution in [1.82, 2.24) is 19.9 Å². The first-order valence-electron chi connectivity index (χ1n) is 12.1. The molecule has 0 unspecified atom stereocenters. The van der Waals surface area contributed by atoms with Crippen molar-refractivity contribution in [2.45, 2.75) is 33.3 Å². The third-order valence-electron chi connectivity index (χ3n) is 6.44. The fourth-order valence-corrected chi connectivity index (χ4v) is 4.37. The Morgan fingerprint density at radius 3 is 2.54 bits per heavy atom. The number of hydrogen-bond acceptors (Lipinski definition) is 9. The molecule has 0 atom stereocenters. The lowest BCUT2D eigenvalue weighted by Gasteiger charge is -2.35. The van der Waals surface area contributed by atoms with Crippen molar-refractivity contribution in [3.8, 4) is 5.75 Å². The van der Waals surface area contributed by atoms with Gasteiger partial charge in [0.2, 0.25) is 5.95 Å². The summed E-state index contributed by atoms with van der Waals surface area (Å²) < 4.78 is 6.00. The van der Waals surface area contributed by atoms with Gasteiger partial charge in [0.25, 0.3) is 0 Å². The average Bonchev–Trinajstić information content (AvgIpc) is 2.82. The summed E-state index contributed by atoms with van der Waals surface area (Å²) in [6, 6.07) is 10.3. The zero-order valence-electron chi connectivity index (χ0n) is 21.1. The number of rotatable bonds is 5. The van der Waals surface area contributed by atoms with Crippen molar-refractivity contribution in [2.75, 3.05) is 60.6 Å². The summed E-state index contributed by atoms with van der Waals surface area (Å²) in [6.07, 6.45) is 1.81. The lowest BCUT2D eigenvalue weighted by molar-refractivity contribution is 0.115. The van der Waals surface area contributed by atoms with Gasteiger partial charge in [0, 0.05) is 49.3 Å². The van der Waals surface area contributed by atoms with Gasteiger partial charge in [0.1, 0.15) is 17.2 Å². The zero-order valence-corrected chi connectivity index (χ0v) is 21.1. The van der Waals surface area contributed by atoms with E-state index in [-0.39, 0.29) is 5.60 Å². The van der Waals surface area contributed by atoms with Gasteiger partial charge in [-0.25, -0.2) is 9.97 Å². The summed E-state index contributed by atoms with van der Waals surface area (Å²) in [6.45, 7) is 13.2. The van der Waals surface area contributed by atoms with E-state index in [4.69, 9.17) is 9.72 Å². The van der Waals surface area contributed by atoms with Crippen molar-refractivity contribution in [3.05, 3.63) is 47.7 Å². The number of hydrogen-bond donors (Lipinski definition) is 3. The van der Waals surface area contributed by atoms with Crippen LogP contribution >= 0.6 is 0 Å². The molecule has 35 heavy (non-hydrogen) atoms. The van der Waals surface area contributed by atoms with E-state index < -0.39 is 0 Å². The molecule has 2 aromatic heterocycles. The largest absolute Gasteiger partial charge is 0.482 e. The van der Waals surface area contributed by atoms with Crippen LogP contribution in [0.15, 0.2) is 36.5 Å². The maximum atomic E-state index is 6.00. The average molecular weight is 475 g/mol. The van der Waals surface area contributed by atoms with Crippen LogP contribution in [0.4, 0.5) is 34.8 Å². The lowest BCUT2D eigenvalue weighted by atomic mass is 10.1. The molecule has 0 aliphatic carbocycles. The summed E-state index contributed by atoms with van der Waals surface area (Å²) in [4.78, 5) is 18.7. The molecule has 2 aliphatic heterocycles. The Labute approximate surface area is 206 Å². The summed E-state index contributed by atoms with van der Waals surface area (Å²) in [5.41, 5.74) is 4.17. The maximum absolute atomic E-state index is 6.00.